The summed E-state index contributed by atoms with van der Waals surface area (Å²) in [4.78, 5) is 0. The number of rotatable bonds is 0. The lowest BCUT2D eigenvalue weighted by molar-refractivity contribution is 0.260. The first-order valence-corrected chi connectivity index (χ1v) is 3.51. The van der Waals surface area contributed by atoms with E-state index in [1.807, 2.05) is 12.1 Å². The van der Waals surface area contributed by atoms with Gasteiger partial charge >= 0.3 is 0 Å². The van der Waals surface area contributed by atoms with Crippen molar-refractivity contribution >= 4 is 5.90 Å². The highest BCUT2D eigenvalue weighted by Gasteiger charge is 2.15. The van der Waals surface area contributed by atoms with Crippen LogP contribution < -0.4 is 9.47 Å². The number of fused-ring (bicyclic) bond motifs is 1. The molecule has 0 unspecified atom stereocenters. The summed E-state index contributed by atoms with van der Waals surface area (Å²) in [5, 5.41) is 11.3. The van der Waals surface area contributed by atoms with Crippen molar-refractivity contribution in [2.45, 2.75) is 0 Å². The van der Waals surface area contributed by atoms with E-state index >= 15 is 0 Å². The Morgan fingerprint density at radius 3 is 2.75 bits per heavy atom. The molecule has 1 aromatic carbocycles. The fourth-order valence-electron chi connectivity index (χ4n) is 0.999. The van der Waals surface area contributed by atoms with Crippen molar-refractivity contribution in [3.63, 3.8) is 0 Å². The van der Waals surface area contributed by atoms with Crippen LogP contribution in [-0.4, -0.2) is 17.7 Å². The third-order valence-electron chi connectivity index (χ3n) is 1.54. The molecule has 4 heteroatoms. The van der Waals surface area contributed by atoms with Gasteiger partial charge in [-0.25, -0.2) is 0 Å². The number of benzene rings is 1. The minimum atomic E-state index is 0.174. The second-order valence-corrected chi connectivity index (χ2v) is 2.33. The average Bonchev–Trinajstić information content (AvgIpc) is 2.17. The molecular weight excluding hydrogens is 158 g/mol. The quantitative estimate of drug-likeness (QED) is 0.465. The molecule has 1 aliphatic heterocycles. The van der Waals surface area contributed by atoms with E-state index in [0.717, 1.165) is 0 Å². The summed E-state index contributed by atoms with van der Waals surface area (Å²) in [6.45, 7) is 0.174. The standard InChI is InChI=1S/C8H7NO3/c10-9-8-5-11-6-3-1-2-4-7(6)12-8/h1-4,10H,5H2. The van der Waals surface area contributed by atoms with E-state index in [1.165, 1.54) is 0 Å². The fraction of sp³-hybridized carbons (Fsp3) is 0.125. The Balaban J connectivity index is 2.35. The zero-order chi connectivity index (χ0) is 8.39. The lowest BCUT2D eigenvalue weighted by atomic mass is 10.3. The molecule has 0 aromatic heterocycles. The predicted octanol–water partition coefficient (Wildman–Crippen LogP) is 1.25. The molecule has 0 aliphatic carbocycles. The van der Waals surface area contributed by atoms with Crippen LogP contribution in [0.3, 0.4) is 0 Å². The van der Waals surface area contributed by atoms with E-state index in [-0.39, 0.29) is 12.5 Å². The van der Waals surface area contributed by atoms with Crippen molar-refractivity contribution in [1.29, 1.82) is 0 Å². The van der Waals surface area contributed by atoms with Crippen LogP contribution in [0.15, 0.2) is 29.4 Å². The first-order valence-electron chi connectivity index (χ1n) is 3.51. The van der Waals surface area contributed by atoms with E-state index in [0.29, 0.717) is 11.5 Å². The van der Waals surface area contributed by atoms with Crippen molar-refractivity contribution < 1.29 is 14.7 Å². The molecule has 0 fully saturated rings. The normalized spacial score (nSPS) is 17.8. The molecule has 0 atom stereocenters. The van der Waals surface area contributed by atoms with Crippen LogP contribution in [-0.2, 0) is 0 Å². The first-order chi connectivity index (χ1) is 5.90. The minimum Gasteiger partial charge on any atom is -0.480 e. The van der Waals surface area contributed by atoms with Gasteiger partial charge in [0.2, 0.25) is 0 Å². The van der Waals surface area contributed by atoms with Gasteiger partial charge in [0.1, 0.15) is 0 Å². The highest BCUT2D eigenvalue weighted by Crippen LogP contribution is 2.29. The van der Waals surface area contributed by atoms with Gasteiger partial charge in [0.25, 0.3) is 5.90 Å². The maximum absolute atomic E-state index is 8.40. The largest absolute Gasteiger partial charge is 0.480 e. The lowest BCUT2D eigenvalue weighted by Gasteiger charge is -2.17. The molecule has 4 nitrogen and oxygen atoms in total. The molecule has 0 amide bonds. The van der Waals surface area contributed by atoms with Crippen LogP contribution in [0.5, 0.6) is 11.5 Å². The van der Waals surface area contributed by atoms with E-state index in [2.05, 4.69) is 5.16 Å². The number of ether oxygens (including phenoxy) is 2. The van der Waals surface area contributed by atoms with Gasteiger partial charge in [0.05, 0.1) is 0 Å². The van der Waals surface area contributed by atoms with Crippen LogP contribution in [0.25, 0.3) is 0 Å². The molecule has 0 radical (unpaired) electrons. The molecular formula is C8H7NO3. The SMILES string of the molecule is ON=C1COc2ccccc2O1. The Morgan fingerprint density at radius 2 is 2.00 bits per heavy atom. The Kier molecular flexibility index (Phi) is 1.59. The Morgan fingerprint density at radius 1 is 1.25 bits per heavy atom. The number of para-hydroxylation sites is 2. The summed E-state index contributed by atoms with van der Waals surface area (Å²) >= 11 is 0. The van der Waals surface area contributed by atoms with Gasteiger partial charge < -0.3 is 14.7 Å². The van der Waals surface area contributed by atoms with Crippen LogP contribution in [0.1, 0.15) is 0 Å². The van der Waals surface area contributed by atoms with Gasteiger partial charge in [0, 0.05) is 0 Å². The van der Waals surface area contributed by atoms with Crippen molar-refractivity contribution in [3.05, 3.63) is 24.3 Å². The van der Waals surface area contributed by atoms with Crippen LogP contribution in [0.2, 0.25) is 0 Å². The van der Waals surface area contributed by atoms with Crippen LogP contribution in [0.4, 0.5) is 0 Å². The Bertz CT molecular complexity index is 322. The highest BCUT2D eigenvalue weighted by molar-refractivity contribution is 5.81. The lowest BCUT2D eigenvalue weighted by Crippen LogP contribution is -2.23. The van der Waals surface area contributed by atoms with E-state index in [9.17, 15) is 0 Å². The fourth-order valence-corrected chi connectivity index (χ4v) is 0.999. The molecule has 62 valence electrons. The molecule has 12 heavy (non-hydrogen) atoms. The molecule has 0 bridgehead atoms. The van der Waals surface area contributed by atoms with Gasteiger partial charge in [-0.05, 0) is 12.1 Å². The molecule has 1 heterocycles. The third-order valence-corrected chi connectivity index (χ3v) is 1.54. The predicted molar refractivity (Wildman–Crippen MR) is 41.8 cm³/mol. The van der Waals surface area contributed by atoms with Gasteiger partial charge in [-0.2, -0.15) is 0 Å². The average molecular weight is 165 g/mol. The number of oxime groups is 1. The summed E-state index contributed by atoms with van der Waals surface area (Å²) in [6, 6.07) is 7.22. The summed E-state index contributed by atoms with van der Waals surface area (Å²) < 4.78 is 10.4. The third kappa shape index (κ3) is 1.07. The summed E-state index contributed by atoms with van der Waals surface area (Å²) in [5.41, 5.74) is 0. The van der Waals surface area contributed by atoms with Gasteiger partial charge in [-0.15, -0.1) is 0 Å². The molecule has 0 saturated heterocycles. The second-order valence-electron chi connectivity index (χ2n) is 2.33. The van der Waals surface area contributed by atoms with Crippen molar-refractivity contribution in [3.8, 4) is 11.5 Å². The number of hydrogen-bond donors (Lipinski definition) is 1. The van der Waals surface area contributed by atoms with E-state index in [1.54, 1.807) is 12.1 Å². The number of nitrogens with zero attached hydrogens (tertiary/aromatic N) is 1. The summed E-state index contributed by atoms with van der Waals surface area (Å²) in [7, 11) is 0. The topological polar surface area (TPSA) is 51.1 Å². The van der Waals surface area contributed by atoms with Gasteiger partial charge in [-0.3, -0.25) is 0 Å². The maximum Gasteiger partial charge on any atom is 0.269 e. The van der Waals surface area contributed by atoms with Gasteiger partial charge in [0.15, 0.2) is 18.1 Å². The zero-order valence-electron chi connectivity index (χ0n) is 6.23. The molecule has 1 aliphatic rings. The highest BCUT2D eigenvalue weighted by atomic mass is 16.6. The van der Waals surface area contributed by atoms with Crippen molar-refractivity contribution in [1.82, 2.24) is 0 Å². The summed E-state index contributed by atoms with van der Waals surface area (Å²) in [6.07, 6.45) is 0. The van der Waals surface area contributed by atoms with Gasteiger partial charge in [-0.1, -0.05) is 17.3 Å². The smallest absolute Gasteiger partial charge is 0.269 e. The summed E-state index contributed by atoms with van der Waals surface area (Å²) in [5.74, 6) is 1.43. The first kappa shape index (κ1) is 6.97. The minimum absolute atomic E-state index is 0.174. The van der Waals surface area contributed by atoms with E-state index in [4.69, 9.17) is 14.7 Å². The monoisotopic (exact) mass is 165 g/mol. The second kappa shape index (κ2) is 2.73. The van der Waals surface area contributed by atoms with Crippen molar-refractivity contribution in [2.24, 2.45) is 5.16 Å². The molecule has 1 aromatic rings. The van der Waals surface area contributed by atoms with Crippen LogP contribution >= 0.6 is 0 Å². The Hall–Kier alpha value is -1.71. The molecule has 0 saturated carbocycles. The Labute approximate surface area is 69.0 Å². The maximum atomic E-state index is 8.40. The van der Waals surface area contributed by atoms with Crippen LogP contribution in [0, 0.1) is 0 Å². The van der Waals surface area contributed by atoms with Crippen molar-refractivity contribution in [2.75, 3.05) is 6.61 Å². The molecule has 2 rings (SSSR count). The molecule has 1 N–H and O–H groups in total. The zero-order valence-corrected chi connectivity index (χ0v) is 6.23. The molecule has 0 spiro atoms. The number of hydrogen-bond acceptors (Lipinski definition) is 4. The van der Waals surface area contributed by atoms with E-state index < -0.39 is 0 Å².